The van der Waals surface area contributed by atoms with Gasteiger partial charge in [0, 0.05) is 24.5 Å². The Labute approximate surface area is 104 Å². The molecule has 1 aromatic rings. The van der Waals surface area contributed by atoms with Crippen molar-refractivity contribution in [2.75, 3.05) is 11.4 Å². The van der Waals surface area contributed by atoms with Crippen LogP contribution in [-0.4, -0.2) is 34.6 Å². The fourth-order valence-electron chi connectivity index (χ4n) is 1.86. The smallest absolute Gasteiger partial charge is 0.305 e. The molecule has 1 saturated carbocycles. The van der Waals surface area contributed by atoms with Crippen molar-refractivity contribution in [2.24, 2.45) is 5.73 Å². The number of carbonyl (C=O) groups excluding carboxylic acids is 1. The van der Waals surface area contributed by atoms with Crippen molar-refractivity contribution in [1.29, 1.82) is 0 Å². The Morgan fingerprint density at radius 3 is 2.78 bits per heavy atom. The Morgan fingerprint density at radius 2 is 2.22 bits per heavy atom. The van der Waals surface area contributed by atoms with E-state index in [0.29, 0.717) is 12.6 Å². The van der Waals surface area contributed by atoms with E-state index < -0.39 is 11.9 Å². The third-order valence-corrected chi connectivity index (χ3v) is 2.88. The summed E-state index contributed by atoms with van der Waals surface area (Å²) in [6, 6.07) is 3.75. The Morgan fingerprint density at radius 1 is 1.50 bits per heavy atom. The van der Waals surface area contributed by atoms with Crippen molar-refractivity contribution in [3.63, 3.8) is 0 Å². The van der Waals surface area contributed by atoms with Crippen molar-refractivity contribution >= 4 is 17.6 Å². The van der Waals surface area contributed by atoms with E-state index in [4.69, 9.17) is 10.8 Å². The van der Waals surface area contributed by atoms with Gasteiger partial charge in [-0.2, -0.15) is 0 Å². The molecule has 1 aromatic heterocycles. The maximum atomic E-state index is 11.1. The molecule has 3 N–H and O–H groups in total. The molecule has 0 aromatic carbocycles. The normalized spacial score (nSPS) is 14.2. The molecule has 0 radical (unpaired) electrons. The first kappa shape index (κ1) is 12.3. The zero-order valence-corrected chi connectivity index (χ0v) is 9.87. The van der Waals surface area contributed by atoms with Gasteiger partial charge in [0.05, 0.1) is 6.42 Å². The van der Waals surface area contributed by atoms with Crippen LogP contribution in [0.25, 0.3) is 0 Å². The lowest BCUT2D eigenvalue weighted by molar-refractivity contribution is -0.136. The maximum Gasteiger partial charge on any atom is 0.305 e. The number of primary amides is 1. The quantitative estimate of drug-likeness (QED) is 0.770. The van der Waals surface area contributed by atoms with Crippen LogP contribution < -0.4 is 10.6 Å². The highest BCUT2D eigenvalue weighted by Gasteiger charge is 2.29. The van der Waals surface area contributed by atoms with Crippen LogP contribution in [0, 0.1) is 0 Å². The minimum absolute atomic E-state index is 0.0741. The number of pyridine rings is 1. The van der Waals surface area contributed by atoms with E-state index in [0.717, 1.165) is 18.5 Å². The molecule has 0 saturated heterocycles. The molecule has 6 heteroatoms. The average molecular weight is 249 g/mol. The lowest BCUT2D eigenvalue weighted by atomic mass is 10.2. The third kappa shape index (κ3) is 2.97. The summed E-state index contributed by atoms with van der Waals surface area (Å²) in [6.45, 7) is 0.433. The van der Waals surface area contributed by atoms with Crippen LogP contribution in [0.3, 0.4) is 0 Å². The van der Waals surface area contributed by atoms with Crippen LogP contribution in [0.2, 0.25) is 0 Å². The molecule has 0 atom stereocenters. The van der Waals surface area contributed by atoms with Crippen LogP contribution >= 0.6 is 0 Å². The molecule has 0 spiro atoms. The molecule has 1 fully saturated rings. The van der Waals surface area contributed by atoms with Gasteiger partial charge in [-0.25, -0.2) is 0 Å². The van der Waals surface area contributed by atoms with E-state index in [9.17, 15) is 9.59 Å². The summed E-state index contributed by atoms with van der Waals surface area (Å²) in [6.07, 6.45) is 3.69. The lowest BCUT2D eigenvalue weighted by Crippen LogP contribution is -2.28. The number of carboxylic acids is 1. The van der Waals surface area contributed by atoms with Gasteiger partial charge >= 0.3 is 5.97 Å². The molecule has 18 heavy (non-hydrogen) atoms. The summed E-state index contributed by atoms with van der Waals surface area (Å²) in [5.41, 5.74) is 6.19. The highest BCUT2D eigenvalue weighted by atomic mass is 16.4. The Balaban J connectivity index is 2.16. The first-order chi connectivity index (χ1) is 8.58. The van der Waals surface area contributed by atoms with Crippen LogP contribution in [0.15, 0.2) is 18.3 Å². The molecule has 0 bridgehead atoms. The highest BCUT2D eigenvalue weighted by molar-refractivity contribution is 5.91. The largest absolute Gasteiger partial charge is 0.481 e. The second-order valence-corrected chi connectivity index (χ2v) is 4.33. The summed E-state index contributed by atoms with van der Waals surface area (Å²) in [7, 11) is 0. The van der Waals surface area contributed by atoms with Gasteiger partial charge in [0.15, 0.2) is 0 Å². The molecule has 1 heterocycles. The van der Waals surface area contributed by atoms with Gasteiger partial charge < -0.3 is 15.7 Å². The van der Waals surface area contributed by atoms with Crippen molar-refractivity contribution in [2.45, 2.75) is 25.3 Å². The van der Waals surface area contributed by atoms with Crippen LogP contribution in [-0.2, 0) is 4.79 Å². The molecule has 1 amide bonds. The predicted octanol–water partition coefficient (Wildman–Crippen LogP) is 0.624. The van der Waals surface area contributed by atoms with Crippen LogP contribution in [0.1, 0.15) is 29.8 Å². The zero-order valence-electron chi connectivity index (χ0n) is 9.87. The van der Waals surface area contributed by atoms with E-state index in [1.54, 1.807) is 12.1 Å². The van der Waals surface area contributed by atoms with E-state index >= 15 is 0 Å². The molecule has 0 aliphatic heterocycles. The number of anilines is 1. The number of carboxylic acid groups (broad SMARTS) is 1. The van der Waals surface area contributed by atoms with E-state index in [-0.39, 0.29) is 12.1 Å². The summed E-state index contributed by atoms with van der Waals surface area (Å²) in [4.78, 5) is 27.6. The number of hydrogen-bond acceptors (Lipinski definition) is 4. The van der Waals surface area contributed by atoms with Crippen molar-refractivity contribution in [1.82, 2.24) is 4.98 Å². The molecule has 0 unspecified atom stereocenters. The van der Waals surface area contributed by atoms with Crippen molar-refractivity contribution in [3.8, 4) is 0 Å². The van der Waals surface area contributed by atoms with Gasteiger partial charge in [0.1, 0.15) is 5.69 Å². The monoisotopic (exact) mass is 249 g/mol. The number of aliphatic carboxylic acids is 1. The number of aromatic nitrogens is 1. The second kappa shape index (κ2) is 5.03. The Kier molecular flexibility index (Phi) is 3.45. The number of amides is 1. The van der Waals surface area contributed by atoms with Gasteiger partial charge in [0.25, 0.3) is 5.91 Å². The number of rotatable bonds is 6. The number of hydrogen-bond donors (Lipinski definition) is 2. The van der Waals surface area contributed by atoms with Gasteiger partial charge in [0.2, 0.25) is 0 Å². The zero-order chi connectivity index (χ0) is 13.1. The summed E-state index contributed by atoms with van der Waals surface area (Å²) in [5, 5.41) is 8.74. The number of nitrogens with two attached hydrogens (primary N) is 1. The lowest BCUT2D eigenvalue weighted by Gasteiger charge is -2.24. The van der Waals surface area contributed by atoms with Gasteiger partial charge in [-0.3, -0.25) is 14.6 Å². The van der Waals surface area contributed by atoms with Gasteiger partial charge in [-0.05, 0) is 25.0 Å². The van der Waals surface area contributed by atoms with E-state index in [1.807, 2.05) is 4.90 Å². The topological polar surface area (TPSA) is 96.5 Å². The molecular weight excluding hydrogens is 234 g/mol. The fourth-order valence-corrected chi connectivity index (χ4v) is 1.86. The van der Waals surface area contributed by atoms with E-state index in [1.165, 1.54) is 6.20 Å². The highest BCUT2D eigenvalue weighted by Crippen LogP contribution is 2.31. The minimum Gasteiger partial charge on any atom is -0.481 e. The molecule has 2 rings (SSSR count). The molecule has 96 valence electrons. The second-order valence-electron chi connectivity index (χ2n) is 4.33. The van der Waals surface area contributed by atoms with Crippen LogP contribution in [0.5, 0.6) is 0 Å². The molecular formula is C12H15N3O3. The van der Waals surface area contributed by atoms with Crippen molar-refractivity contribution < 1.29 is 14.7 Å². The summed E-state index contributed by atoms with van der Waals surface area (Å²) in [5.74, 6) is -1.41. The van der Waals surface area contributed by atoms with Crippen molar-refractivity contribution in [3.05, 3.63) is 24.0 Å². The summed E-state index contributed by atoms with van der Waals surface area (Å²) < 4.78 is 0. The molecule has 1 aliphatic carbocycles. The van der Waals surface area contributed by atoms with Gasteiger partial charge in [-0.1, -0.05) is 0 Å². The average Bonchev–Trinajstić information content (AvgIpc) is 3.14. The Hall–Kier alpha value is -2.11. The minimum atomic E-state index is -0.829. The van der Waals surface area contributed by atoms with E-state index in [2.05, 4.69) is 4.98 Å². The standard InChI is InChI=1S/C12H15N3O3/c13-12(18)10-7-9(3-5-14-10)15(8-1-2-8)6-4-11(16)17/h3,5,7-8H,1-2,4,6H2,(H2,13,18)(H,16,17). The molecule has 6 nitrogen and oxygen atoms in total. The number of carbonyl (C=O) groups is 2. The molecule has 1 aliphatic rings. The third-order valence-electron chi connectivity index (χ3n) is 2.88. The predicted molar refractivity (Wildman–Crippen MR) is 65.4 cm³/mol. The first-order valence-electron chi connectivity index (χ1n) is 5.82. The first-order valence-corrected chi connectivity index (χ1v) is 5.82. The SMILES string of the molecule is NC(=O)c1cc(N(CCC(=O)O)C2CC2)ccn1. The summed E-state index contributed by atoms with van der Waals surface area (Å²) >= 11 is 0. The Bertz CT molecular complexity index is 471. The van der Waals surface area contributed by atoms with Gasteiger partial charge in [-0.15, -0.1) is 0 Å². The maximum absolute atomic E-state index is 11.1. The number of nitrogens with zero attached hydrogens (tertiary/aromatic N) is 2. The van der Waals surface area contributed by atoms with Crippen LogP contribution in [0.4, 0.5) is 5.69 Å². The fraction of sp³-hybridized carbons (Fsp3) is 0.417.